The maximum Gasteiger partial charge on any atom is 0.295 e. The van der Waals surface area contributed by atoms with Gasteiger partial charge < -0.3 is 4.84 Å². The van der Waals surface area contributed by atoms with Crippen molar-refractivity contribution in [3.05, 3.63) is 79.2 Å². The summed E-state index contributed by atoms with van der Waals surface area (Å²) in [6.45, 7) is 1.66. The maximum atomic E-state index is 12.4. The van der Waals surface area contributed by atoms with E-state index in [9.17, 15) is 19.7 Å². The third kappa shape index (κ3) is 4.33. The number of nitro benzene ring substituents is 1. The largest absolute Gasteiger partial charge is 0.406 e. The number of aromatic nitrogens is 3. The molecule has 0 aliphatic carbocycles. The van der Waals surface area contributed by atoms with Gasteiger partial charge in [0.2, 0.25) is 5.13 Å². The summed E-state index contributed by atoms with van der Waals surface area (Å²) in [6.07, 6.45) is 1.35. The van der Waals surface area contributed by atoms with E-state index in [0.29, 0.717) is 10.6 Å². The number of amides is 1. The van der Waals surface area contributed by atoms with Crippen molar-refractivity contribution in [1.29, 1.82) is 0 Å². The van der Waals surface area contributed by atoms with Gasteiger partial charge in [-0.3, -0.25) is 25.0 Å². The number of hydrogen-bond acceptors (Lipinski definition) is 8. The Morgan fingerprint density at radius 2 is 2.15 bits per heavy atom. The lowest BCUT2D eigenvalue weighted by atomic mass is 10.2. The molecular weight excluding hydrogens is 374 g/mol. The van der Waals surface area contributed by atoms with Crippen LogP contribution in [0.2, 0.25) is 0 Å². The minimum absolute atomic E-state index is 0.0797. The maximum absolute atomic E-state index is 12.4. The van der Waals surface area contributed by atoms with Crippen LogP contribution in [-0.4, -0.2) is 25.8 Å². The summed E-state index contributed by atoms with van der Waals surface area (Å²) in [4.78, 5) is 40.4. The number of nitrogens with one attached hydrogen (secondary N) is 1. The molecule has 2 aromatic heterocycles. The number of non-ortho nitro benzene ring substituents is 1. The molecule has 27 heavy (non-hydrogen) atoms. The molecule has 2 heterocycles. The minimum atomic E-state index is -0.665. The molecule has 0 aliphatic rings. The second-order valence-electron chi connectivity index (χ2n) is 5.33. The Hall–Kier alpha value is -3.60. The molecule has 0 saturated carbocycles. The molecule has 3 rings (SSSR count). The SMILES string of the molecule is Cc1nnc(NC(=O)c2cccn(OCc3cccc([N+](=O)[O-])c3)c2=O)s1. The summed E-state index contributed by atoms with van der Waals surface area (Å²) in [7, 11) is 0. The second kappa shape index (κ2) is 7.74. The fraction of sp³-hybridized carbons (Fsp3) is 0.125. The first-order valence-corrected chi connectivity index (χ1v) is 8.45. The normalized spacial score (nSPS) is 10.4. The van der Waals surface area contributed by atoms with Crippen LogP contribution in [0.15, 0.2) is 47.4 Å². The number of pyridine rings is 1. The molecule has 0 unspecified atom stereocenters. The third-order valence-corrected chi connectivity index (χ3v) is 4.15. The Balaban J connectivity index is 1.75. The molecule has 0 radical (unpaired) electrons. The number of carbonyl (C=O) groups is 1. The van der Waals surface area contributed by atoms with Crippen LogP contribution in [0, 0.1) is 17.0 Å². The van der Waals surface area contributed by atoms with E-state index in [4.69, 9.17) is 4.84 Å². The van der Waals surface area contributed by atoms with Crippen LogP contribution in [0.25, 0.3) is 0 Å². The Labute approximate surface area is 156 Å². The first kappa shape index (κ1) is 18.2. The van der Waals surface area contributed by atoms with Crippen molar-refractivity contribution in [1.82, 2.24) is 14.9 Å². The van der Waals surface area contributed by atoms with Gasteiger partial charge in [-0.05, 0) is 24.6 Å². The van der Waals surface area contributed by atoms with Crippen LogP contribution in [0.4, 0.5) is 10.8 Å². The summed E-state index contributed by atoms with van der Waals surface area (Å²) in [5, 5.41) is 21.8. The zero-order valence-electron chi connectivity index (χ0n) is 14.0. The standard InChI is InChI=1S/C16H13N5O5S/c1-10-18-19-16(27-10)17-14(22)13-6-3-7-20(15(13)23)26-9-11-4-2-5-12(8-11)21(24)25/h2-8H,9H2,1H3,(H,17,19,22). The Morgan fingerprint density at radius 3 is 2.85 bits per heavy atom. The van der Waals surface area contributed by atoms with Crippen molar-refractivity contribution in [2.75, 3.05) is 5.32 Å². The highest BCUT2D eigenvalue weighted by molar-refractivity contribution is 7.15. The lowest BCUT2D eigenvalue weighted by Gasteiger charge is -2.09. The monoisotopic (exact) mass is 387 g/mol. The van der Waals surface area contributed by atoms with Crippen LogP contribution in [0.1, 0.15) is 20.9 Å². The number of hydrogen-bond donors (Lipinski definition) is 1. The fourth-order valence-corrected chi connectivity index (χ4v) is 2.75. The first-order valence-electron chi connectivity index (χ1n) is 7.64. The number of aryl methyl sites for hydroxylation is 1. The average Bonchev–Trinajstić information content (AvgIpc) is 3.05. The molecule has 0 spiro atoms. The van der Waals surface area contributed by atoms with Crippen molar-refractivity contribution in [3.8, 4) is 0 Å². The lowest BCUT2D eigenvalue weighted by Crippen LogP contribution is -2.32. The van der Waals surface area contributed by atoms with Gasteiger partial charge in [0.15, 0.2) is 0 Å². The van der Waals surface area contributed by atoms with E-state index in [2.05, 4.69) is 15.5 Å². The lowest BCUT2D eigenvalue weighted by molar-refractivity contribution is -0.384. The number of anilines is 1. The van der Waals surface area contributed by atoms with Gasteiger partial charge in [-0.1, -0.05) is 23.5 Å². The number of carbonyl (C=O) groups excluding carboxylic acids is 1. The minimum Gasteiger partial charge on any atom is -0.406 e. The molecule has 0 bridgehead atoms. The third-order valence-electron chi connectivity index (χ3n) is 3.40. The summed E-state index contributed by atoms with van der Waals surface area (Å²) in [6, 6.07) is 8.70. The molecule has 0 aliphatic heterocycles. The summed E-state index contributed by atoms with van der Waals surface area (Å²) in [5.41, 5.74) is -0.370. The first-order chi connectivity index (χ1) is 12.9. The van der Waals surface area contributed by atoms with E-state index in [1.807, 2.05) is 0 Å². The van der Waals surface area contributed by atoms with E-state index in [0.717, 1.165) is 4.73 Å². The van der Waals surface area contributed by atoms with E-state index < -0.39 is 16.4 Å². The highest BCUT2D eigenvalue weighted by Gasteiger charge is 2.15. The molecule has 1 N–H and O–H groups in total. The van der Waals surface area contributed by atoms with Crippen molar-refractivity contribution < 1.29 is 14.6 Å². The average molecular weight is 387 g/mol. The molecule has 0 atom stereocenters. The summed E-state index contributed by atoms with van der Waals surface area (Å²) < 4.78 is 0.902. The summed E-state index contributed by atoms with van der Waals surface area (Å²) >= 11 is 1.18. The van der Waals surface area contributed by atoms with E-state index >= 15 is 0 Å². The number of nitro groups is 1. The molecule has 1 amide bonds. The van der Waals surface area contributed by atoms with Crippen molar-refractivity contribution in [3.63, 3.8) is 0 Å². The number of benzene rings is 1. The van der Waals surface area contributed by atoms with Crippen LogP contribution >= 0.6 is 11.3 Å². The molecule has 11 heteroatoms. The molecule has 0 fully saturated rings. The van der Waals surface area contributed by atoms with Crippen LogP contribution in [-0.2, 0) is 6.61 Å². The van der Waals surface area contributed by atoms with Crippen molar-refractivity contribution in [2.24, 2.45) is 0 Å². The topological polar surface area (TPSA) is 129 Å². The quantitative estimate of drug-likeness (QED) is 0.504. The fourth-order valence-electron chi connectivity index (χ4n) is 2.17. The van der Waals surface area contributed by atoms with Gasteiger partial charge in [0, 0.05) is 18.3 Å². The predicted octanol–water partition coefficient (Wildman–Crippen LogP) is 1.80. The molecule has 1 aromatic carbocycles. The Morgan fingerprint density at radius 1 is 1.33 bits per heavy atom. The second-order valence-corrected chi connectivity index (χ2v) is 6.52. The van der Waals surface area contributed by atoms with E-state index in [1.165, 1.54) is 47.9 Å². The molecule has 10 nitrogen and oxygen atoms in total. The van der Waals surface area contributed by atoms with Crippen molar-refractivity contribution >= 4 is 28.1 Å². The highest BCUT2D eigenvalue weighted by Crippen LogP contribution is 2.14. The van der Waals surface area contributed by atoms with Crippen molar-refractivity contribution in [2.45, 2.75) is 13.5 Å². The van der Waals surface area contributed by atoms with E-state index in [1.54, 1.807) is 13.0 Å². The van der Waals surface area contributed by atoms with Gasteiger partial charge in [0.25, 0.3) is 17.2 Å². The van der Waals surface area contributed by atoms with Crippen LogP contribution in [0.5, 0.6) is 0 Å². The number of rotatable bonds is 6. The van der Waals surface area contributed by atoms with E-state index in [-0.39, 0.29) is 23.0 Å². The van der Waals surface area contributed by atoms with Gasteiger partial charge in [-0.25, -0.2) is 0 Å². The summed E-state index contributed by atoms with van der Waals surface area (Å²) in [5.74, 6) is -0.635. The molecular formula is C16H13N5O5S. The van der Waals surface area contributed by atoms with Crippen LogP contribution < -0.4 is 15.7 Å². The van der Waals surface area contributed by atoms with Gasteiger partial charge in [0.05, 0.1) is 4.92 Å². The Bertz CT molecular complexity index is 1060. The van der Waals surface area contributed by atoms with Gasteiger partial charge in [-0.15, -0.1) is 10.2 Å². The molecule has 138 valence electrons. The van der Waals surface area contributed by atoms with Gasteiger partial charge in [-0.2, -0.15) is 4.73 Å². The molecule has 3 aromatic rings. The van der Waals surface area contributed by atoms with Crippen LogP contribution in [0.3, 0.4) is 0 Å². The van der Waals surface area contributed by atoms with Gasteiger partial charge in [0.1, 0.15) is 17.2 Å². The smallest absolute Gasteiger partial charge is 0.295 e. The van der Waals surface area contributed by atoms with Gasteiger partial charge >= 0.3 is 0 Å². The Kier molecular flexibility index (Phi) is 5.22. The highest BCUT2D eigenvalue weighted by atomic mass is 32.1. The zero-order chi connectivity index (χ0) is 19.4. The predicted molar refractivity (Wildman–Crippen MR) is 96.7 cm³/mol. The molecule has 0 saturated heterocycles. The number of nitrogens with zero attached hydrogens (tertiary/aromatic N) is 4. The zero-order valence-corrected chi connectivity index (χ0v) is 14.8.